The monoisotopic (exact) mass is 355 g/mol. The van der Waals surface area contributed by atoms with Crippen LogP contribution in [0.3, 0.4) is 0 Å². The van der Waals surface area contributed by atoms with Gasteiger partial charge in [-0.1, -0.05) is 6.07 Å². The lowest BCUT2D eigenvalue weighted by molar-refractivity contribution is -0.119. The highest BCUT2D eigenvalue weighted by Crippen LogP contribution is 2.35. The van der Waals surface area contributed by atoms with Gasteiger partial charge in [0.2, 0.25) is 6.79 Å². The van der Waals surface area contributed by atoms with Crippen LogP contribution in [0.2, 0.25) is 0 Å². The number of carbonyl (C=O) groups is 1. The predicted molar refractivity (Wildman–Crippen MR) is 91.6 cm³/mol. The fourth-order valence-electron chi connectivity index (χ4n) is 2.32. The van der Waals surface area contributed by atoms with Crippen molar-refractivity contribution < 1.29 is 19.0 Å². The van der Waals surface area contributed by atoms with Gasteiger partial charge >= 0.3 is 0 Å². The summed E-state index contributed by atoms with van der Waals surface area (Å²) in [5.41, 5.74) is 0. The number of ether oxygens (including phenoxy) is 3. The minimum atomic E-state index is -0.272. The maximum Gasteiger partial charge on any atom is 0.272 e. The fraction of sp³-hybridized carbons (Fsp3) is 0.118. The summed E-state index contributed by atoms with van der Waals surface area (Å²) in [4.78, 5) is 22.6. The molecule has 0 unspecified atom stereocenters. The number of fused-ring (bicyclic) bond motifs is 1. The Morgan fingerprint density at radius 1 is 1.16 bits per heavy atom. The van der Waals surface area contributed by atoms with Gasteiger partial charge in [-0.2, -0.15) is 0 Å². The Morgan fingerprint density at radius 2 is 2.08 bits per heavy atom. The first kappa shape index (κ1) is 15.4. The number of nitrogens with zero attached hydrogens (tertiary/aromatic N) is 3. The molecule has 0 saturated heterocycles. The number of hydrogen-bond acceptors (Lipinski definition) is 7. The summed E-state index contributed by atoms with van der Waals surface area (Å²) in [6.07, 6.45) is 3.27. The van der Waals surface area contributed by atoms with Crippen molar-refractivity contribution in [2.75, 3.05) is 18.3 Å². The molecule has 1 aliphatic rings. The number of hydrogen-bond donors (Lipinski definition) is 0. The number of aromatic nitrogens is 2. The van der Waals surface area contributed by atoms with E-state index < -0.39 is 0 Å². The zero-order valence-corrected chi connectivity index (χ0v) is 13.8. The van der Waals surface area contributed by atoms with Crippen molar-refractivity contribution in [1.82, 2.24) is 9.97 Å². The van der Waals surface area contributed by atoms with Crippen LogP contribution in [-0.2, 0) is 4.79 Å². The molecule has 1 aromatic carbocycles. The second-order valence-corrected chi connectivity index (χ2v) is 5.91. The maximum absolute atomic E-state index is 12.7. The molecule has 4 rings (SSSR count). The molecule has 2 aromatic heterocycles. The van der Waals surface area contributed by atoms with Crippen molar-refractivity contribution >= 4 is 28.2 Å². The molecule has 0 saturated carbocycles. The molecule has 0 radical (unpaired) electrons. The molecule has 7 nitrogen and oxygen atoms in total. The molecular formula is C17H13N3O4S. The topological polar surface area (TPSA) is 73.8 Å². The number of thiazole rings is 1. The summed E-state index contributed by atoms with van der Waals surface area (Å²) in [6, 6.07) is 10.5. The van der Waals surface area contributed by atoms with E-state index in [1.165, 1.54) is 16.2 Å². The van der Waals surface area contributed by atoms with Crippen molar-refractivity contribution in [3.05, 3.63) is 54.2 Å². The quantitative estimate of drug-likeness (QED) is 0.700. The Morgan fingerprint density at radius 3 is 2.88 bits per heavy atom. The van der Waals surface area contributed by atoms with Gasteiger partial charge in [-0.25, -0.2) is 14.9 Å². The second-order valence-electron chi connectivity index (χ2n) is 5.04. The van der Waals surface area contributed by atoms with Gasteiger partial charge in [0.15, 0.2) is 23.2 Å². The standard InChI is InChI=1S/C17H13N3O4S/c21-16(10-22-12-4-5-13-14(9-12)24-11-23-13)20(17-19-7-8-25-17)15-3-1-2-6-18-15/h1-9H,10-11H2. The van der Waals surface area contributed by atoms with Crippen molar-refractivity contribution in [3.63, 3.8) is 0 Å². The normalized spacial score (nSPS) is 12.0. The molecule has 0 atom stereocenters. The number of pyridine rings is 1. The third-order valence-corrected chi connectivity index (χ3v) is 4.20. The first-order valence-electron chi connectivity index (χ1n) is 7.47. The Kier molecular flexibility index (Phi) is 4.17. The minimum absolute atomic E-state index is 0.157. The highest BCUT2D eigenvalue weighted by molar-refractivity contribution is 7.13. The smallest absolute Gasteiger partial charge is 0.272 e. The van der Waals surface area contributed by atoms with Gasteiger partial charge in [-0.05, 0) is 24.3 Å². The molecular weight excluding hydrogens is 342 g/mol. The zero-order valence-electron chi connectivity index (χ0n) is 13.0. The first-order chi connectivity index (χ1) is 12.3. The third kappa shape index (κ3) is 3.24. The van der Waals surface area contributed by atoms with Crippen LogP contribution < -0.4 is 19.1 Å². The highest BCUT2D eigenvalue weighted by Gasteiger charge is 2.22. The lowest BCUT2D eigenvalue weighted by atomic mass is 10.3. The second kappa shape index (κ2) is 6.78. The predicted octanol–water partition coefficient (Wildman–Crippen LogP) is 3.01. The van der Waals surface area contributed by atoms with Gasteiger partial charge in [0, 0.05) is 23.8 Å². The van der Waals surface area contributed by atoms with Crippen molar-refractivity contribution in [1.29, 1.82) is 0 Å². The number of carbonyl (C=O) groups excluding carboxylic acids is 1. The minimum Gasteiger partial charge on any atom is -0.484 e. The van der Waals surface area contributed by atoms with Crippen LogP contribution >= 0.6 is 11.3 Å². The molecule has 0 spiro atoms. The molecule has 126 valence electrons. The molecule has 3 aromatic rings. The van der Waals surface area contributed by atoms with E-state index in [1.807, 2.05) is 6.07 Å². The summed E-state index contributed by atoms with van der Waals surface area (Å²) in [6.45, 7) is 0.0328. The van der Waals surface area contributed by atoms with E-state index in [1.54, 1.807) is 48.1 Å². The Bertz CT molecular complexity index is 871. The molecule has 0 bridgehead atoms. The van der Waals surface area contributed by atoms with E-state index in [0.29, 0.717) is 28.2 Å². The average molecular weight is 355 g/mol. The largest absolute Gasteiger partial charge is 0.484 e. The third-order valence-electron chi connectivity index (χ3n) is 3.44. The zero-order chi connectivity index (χ0) is 17.1. The van der Waals surface area contributed by atoms with Crippen LogP contribution in [0.15, 0.2) is 54.2 Å². The highest BCUT2D eigenvalue weighted by atomic mass is 32.1. The van der Waals surface area contributed by atoms with Crippen molar-refractivity contribution in [2.45, 2.75) is 0 Å². The molecule has 0 N–H and O–H groups in total. The lowest BCUT2D eigenvalue weighted by Gasteiger charge is -2.19. The SMILES string of the molecule is O=C(COc1ccc2c(c1)OCO2)N(c1ccccn1)c1nccs1. The molecule has 0 aliphatic carbocycles. The fourth-order valence-corrected chi connectivity index (χ4v) is 2.99. The van der Waals surface area contributed by atoms with E-state index in [9.17, 15) is 4.79 Å². The molecule has 1 aliphatic heterocycles. The molecule has 3 heterocycles. The number of benzene rings is 1. The maximum atomic E-state index is 12.7. The Labute approximate surface area is 147 Å². The lowest BCUT2D eigenvalue weighted by Crippen LogP contribution is -2.31. The van der Waals surface area contributed by atoms with E-state index in [0.717, 1.165) is 0 Å². The van der Waals surface area contributed by atoms with Crippen LogP contribution in [0.4, 0.5) is 10.9 Å². The van der Waals surface area contributed by atoms with Crippen LogP contribution in [0.5, 0.6) is 17.2 Å². The van der Waals surface area contributed by atoms with E-state index >= 15 is 0 Å². The van der Waals surface area contributed by atoms with Gasteiger partial charge < -0.3 is 14.2 Å². The van der Waals surface area contributed by atoms with Crippen molar-refractivity contribution in [2.24, 2.45) is 0 Å². The van der Waals surface area contributed by atoms with Crippen molar-refractivity contribution in [3.8, 4) is 17.2 Å². The first-order valence-corrected chi connectivity index (χ1v) is 8.35. The van der Waals surface area contributed by atoms with Crippen LogP contribution in [0.25, 0.3) is 0 Å². The summed E-state index contributed by atoms with van der Waals surface area (Å²) in [5, 5.41) is 2.34. The molecule has 25 heavy (non-hydrogen) atoms. The van der Waals surface area contributed by atoms with Gasteiger partial charge in [-0.15, -0.1) is 11.3 Å². The van der Waals surface area contributed by atoms with Gasteiger partial charge in [0.1, 0.15) is 11.6 Å². The summed E-state index contributed by atoms with van der Waals surface area (Å²) < 4.78 is 16.2. The van der Waals surface area contributed by atoms with Crippen LogP contribution in [0.1, 0.15) is 0 Å². The summed E-state index contributed by atoms with van der Waals surface area (Å²) in [7, 11) is 0. The van der Waals surface area contributed by atoms with Crippen LogP contribution in [0, 0.1) is 0 Å². The van der Waals surface area contributed by atoms with Gasteiger partial charge in [0.05, 0.1) is 0 Å². The number of rotatable bonds is 5. The molecule has 8 heteroatoms. The summed E-state index contributed by atoms with van der Waals surface area (Å²) in [5.74, 6) is 2.02. The number of anilines is 2. The Hall–Kier alpha value is -3.13. The van der Waals surface area contributed by atoms with E-state index in [4.69, 9.17) is 14.2 Å². The van der Waals surface area contributed by atoms with E-state index in [-0.39, 0.29) is 19.3 Å². The number of amides is 1. The molecule has 0 fully saturated rings. The van der Waals surface area contributed by atoms with Crippen LogP contribution in [-0.4, -0.2) is 29.3 Å². The molecule has 1 amide bonds. The van der Waals surface area contributed by atoms with Gasteiger partial charge in [-0.3, -0.25) is 4.79 Å². The van der Waals surface area contributed by atoms with E-state index in [2.05, 4.69) is 9.97 Å². The summed E-state index contributed by atoms with van der Waals surface area (Å²) >= 11 is 1.35. The Balaban J connectivity index is 1.51. The average Bonchev–Trinajstić information content (AvgIpc) is 3.32. The van der Waals surface area contributed by atoms with Gasteiger partial charge in [0.25, 0.3) is 5.91 Å².